The van der Waals surface area contributed by atoms with E-state index in [-0.39, 0.29) is 12.6 Å². The Morgan fingerprint density at radius 2 is 1.78 bits per heavy atom. The minimum atomic E-state index is -0.301. The first-order valence-corrected chi connectivity index (χ1v) is 6.57. The number of carbonyl (C=O) groups excluding carboxylic acids is 1. The number of hydrogen-bond donors (Lipinski definition) is 0. The molecule has 1 heterocycles. The number of thiophene rings is 1. The van der Waals surface area contributed by atoms with Gasteiger partial charge in [0.2, 0.25) is 0 Å². The van der Waals surface area contributed by atoms with Gasteiger partial charge in [-0.05, 0) is 11.4 Å². The zero-order chi connectivity index (χ0) is 13.1. The van der Waals surface area contributed by atoms with Gasteiger partial charge in [-0.15, -0.1) is 11.3 Å². The fraction of sp³-hybridized carbons (Fsp3) is 0.583. The van der Waals surface area contributed by atoms with Gasteiger partial charge < -0.3 is 18.9 Å². The van der Waals surface area contributed by atoms with E-state index in [9.17, 15) is 4.79 Å². The first kappa shape index (κ1) is 15.1. The molecule has 18 heavy (non-hydrogen) atoms. The van der Waals surface area contributed by atoms with Gasteiger partial charge in [0, 0.05) is 7.11 Å². The average Bonchev–Trinajstić information content (AvgIpc) is 2.90. The molecule has 0 atom stereocenters. The predicted octanol–water partition coefficient (Wildman–Crippen LogP) is 1.58. The lowest BCUT2D eigenvalue weighted by Crippen LogP contribution is -2.13. The molecule has 0 saturated heterocycles. The predicted molar refractivity (Wildman–Crippen MR) is 68.1 cm³/mol. The number of methoxy groups -OCH3 is 1. The van der Waals surface area contributed by atoms with Gasteiger partial charge in [-0.25, -0.2) is 4.79 Å². The summed E-state index contributed by atoms with van der Waals surface area (Å²) in [5, 5.41) is 1.84. The van der Waals surface area contributed by atoms with Gasteiger partial charge in [0.25, 0.3) is 0 Å². The van der Waals surface area contributed by atoms with Crippen molar-refractivity contribution in [3.63, 3.8) is 0 Å². The van der Waals surface area contributed by atoms with E-state index < -0.39 is 0 Å². The third-order valence-electron chi connectivity index (χ3n) is 1.99. The maximum absolute atomic E-state index is 11.4. The van der Waals surface area contributed by atoms with Crippen molar-refractivity contribution in [3.05, 3.63) is 22.4 Å². The smallest absolute Gasteiger partial charge is 0.348 e. The van der Waals surface area contributed by atoms with Gasteiger partial charge in [-0.2, -0.15) is 0 Å². The summed E-state index contributed by atoms with van der Waals surface area (Å²) < 4.78 is 20.3. The Morgan fingerprint density at radius 1 is 1.11 bits per heavy atom. The molecule has 6 heteroatoms. The van der Waals surface area contributed by atoms with Crippen molar-refractivity contribution >= 4 is 17.3 Å². The van der Waals surface area contributed by atoms with E-state index in [2.05, 4.69) is 0 Å². The van der Waals surface area contributed by atoms with Crippen molar-refractivity contribution in [3.8, 4) is 0 Å². The molecule has 1 aromatic heterocycles. The van der Waals surface area contributed by atoms with Crippen LogP contribution >= 0.6 is 11.3 Å². The van der Waals surface area contributed by atoms with Crippen LogP contribution in [0.25, 0.3) is 0 Å². The van der Waals surface area contributed by atoms with Crippen LogP contribution in [0.4, 0.5) is 0 Å². The van der Waals surface area contributed by atoms with Gasteiger partial charge >= 0.3 is 5.97 Å². The van der Waals surface area contributed by atoms with Crippen LogP contribution in [0.2, 0.25) is 0 Å². The minimum Gasteiger partial charge on any atom is -0.459 e. The monoisotopic (exact) mass is 274 g/mol. The summed E-state index contributed by atoms with van der Waals surface area (Å²) in [7, 11) is 1.63. The highest BCUT2D eigenvalue weighted by molar-refractivity contribution is 7.11. The lowest BCUT2D eigenvalue weighted by atomic mass is 10.5. The second-order valence-corrected chi connectivity index (χ2v) is 4.28. The van der Waals surface area contributed by atoms with Gasteiger partial charge in [-0.1, -0.05) is 6.07 Å². The fourth-order valence-corrected chi connectivity index (χ4v) is 1.74. The second-order valence-electron chi connectivity index (χ2n) is 3.33. The molecular formula is C12H18O5S. The Labute approximate surface area is 111 Å². The lowest BCUT2D eigenvalue weighted by molar-refractivity contribution is 0.00588. The lowest BCUT2D eigenvalue weighted by Gasteiger charge is -2.06. The molecule has 0 saturated carbocycles. The summed E-state index contributed by atoms with van der Waals surface area (Å²) in [4.78, 5) is 12.0. The molecule has 0 aliphatic rings. The number of rotatable bonds is 10. The first-order chi connectivity index (χ1) is 8.84. The molecule has 0 radical (unpaired) electrons. The zero-order valence-electron chi connectivity index (χ0n) is 10.4. The summed E-state index contributed by atoms with van der Waals surface area (Å²) in [5.41, 5.74) is 0. The Morgan fingerprint density at radius 3 is 2.39 bits per heavy atom. The van der Waals surface area contributed by atoms with Crippen LogP contribution in [-0.4, -0.2) is 52.7 Å². The largest absolute Gasteiger partial charge is 0.459 e. The molecule has 0 fully saturated rings. The van der Waals surface area contributed by atoms with Crippen LogP contribution < -0.4 is 0 Å². The molecule has 0 amide bonds. The van der Waals surface area contributed by atoms with Gasteiger partial charge in [0.05, 0.1) is 33.0 Å². The normalized spacial score (nSPS) is 10.5. The van der Waals surface area contributed by atoms with Gasteiger partial charge in [-0.3, -0.25) is 0 Å². The zero-order valence-corrected chi connectivity index (χ0v) is 11.2. The van der Waals surface area contributed by atoms with Gasteiger partial charge in [0.1, 0.15) is 11.5 Å². The van der Waals surface area contributed by atoms with E-state index >= 15 is 0 Å². The van der Waals surface area contributed by atoms with E-state index in [1.165, 1.54) is 11.3 Å². The molecule has 5 nitrogen and oxygen atoms in total. The van der Waals surface area contributed by atoms with Gasteiger partial charge in [0.15, 0.2) is 0 Å². The summed E-state index contributed by atoms with van der Waals surface area (Å²) in [5.74, 6) is -0.301. The topological polar surface area (TPSA) is 54.0 Å². The van der Waals surface area contributed by atoms with E-state index in [1.807, 2.05) is 11.4 Å². The molecule has 1 rings (SSSR count). The number of carbonyl (C=O) groups is 1. The van der Waals surface area contributed by atoms with Crippen LogP contribution in [-0.2, 0) is 18.9 Å². The standard InChI is InChI=1S/C12H18O5S/c1-14-4-5-15-6-7-16-8-9-17-12(13)11-3-2-10-18-11/h2-3,10H,4-9H2,1H3. The third kappa shape index (κ3) is 6.70. The molecule has 0 bridgehead atoms. The molecule has 102 valence electrons. The Hall–Kier alpha value is -0.950. The van der Waals surface area contributed by atoms with Crippen molar-refractivity contribution < 1.29 is 23.7 Å². The Balaban J connectivity index is 1.88. The third-order valence-corrected chi connectivity index (χ3v) is 2.84. The quantitative estimate of drug-likeness (QED) is 0.479. The highest BCUT2D eigenvalue weighted by Crippen LogP contribution is 2.09. The summed E-state index contributed by atoms with van der Waals surface area (Å²) in [6.45, 7) is 2.79. The van der Waals surface area contributed by atoms with E-state index in [0.29, 0.717) is 37.9 Å². The van der Waals surface area contributed by atoms with E-state index in [1.54, 1.807) is 13.2 Å². The SMILES string of the molecule is COCCOCCOCCOC(=O)c1cccs1. The Bertz CT molecular complexity index is 312. The van der Waals surface area contributed by atoms with Crippen LogP contribution in [0.15, 0.2) is 17.5 Å². The van der Waals surface area contributed by atoms with Crippen molar-refractivity contribution in [2.45, 2.75) is 0 Å². The maximum atomic E-state index is 11.4. The van der Waals surface area contributed by atoms with Crippen molar-refractivity contribution in [2.24, 2.45) is 0 Å². The van der Waals surface area contributed by atoms with E-state index in [0.717, 1.165) is 0 Å². The van der Waals surface area contributed by atoms with Crippen molar-refractivity contribution in [2.75, 3.05) is 46.8 Å². The maximum Gasteiger partial charge on any atom is 0.348 e. The highest BCUT2D eigenvalue weighted by atomic mass is 32.1. The minimum absolute atomic E-state index is 0.259. The molecule has 0 aliphatic carbocycles. The average molecular weight is 274 g/mol. The van der Waals surface area contributed by atoms with Crippen LogP contribution in [0.5, 0.6) is 0 Å². The second kappa shape index (κ2) is 10.0. The summed E-state index contributed by atoms with van der Waals surface area (Å²) in [6.07, 6.45) is 0. The molecule has 0 unspecified atom stereocenters. The molecule has 1 aromatic rings. The molecule has 0 N–H and O–H groups in total. The number of hydrogen-bond acceptors (Lipinski definition) is 6. The summed E-state index contributed by atoms with van der Waals surface area (Å²) in [6, 6.07) is 3.55. The van der Waals surface area contributed by atoms with Crippen LogP contribution in [0.1, 0.15) is 9.67 Å². The van der Waals surface area contributed by atoms with E-state index in [4.69, 9.17) is 18.9 Å². The molecule has 0 aliphatic heterocycles. The van der Waals surface area contributed by atoms with Crippen molar-refractivity contribution in [1.82, 2.24) is 0 Å². The molecular weight excluding hydrogens is 256 g/mol. The number of esters is 1. The highest BCUT2D eigenvalue weighted by Gasteiger charge is 2.06. The van der Waals surface area contributed by atoms with Crippen LogP contribution in [0, 0.1) is 0 Å². The number of ether oxygens (including phenoxy) is 4. The van der Waals surface area contributed by atoms with Crippen LogP contribution in [0.3, 0.4) is 0 Å². The molecule has 0 aromatic carbocycles. The molecule has 0 spiro atoms. The first-order valence-electron chi connectivity index (χ1n) is 5.69. The Kier molecular flexibility index (Phi) is 8.41. The summed E-state index contributed by atoms with van der Waals surface area (Å²) >= 11 is 1.36. The van der Waals surface area contributed by atoms with Crippen molar-refractivity contribution in [1.29, 1.82) is 0 Å². The fourth-order valence-electron chi connectivity index (χ4n) is 1.12.